The Morgan fingerprint density at radius 3 is 2.49 bits per heavy atom. The molecule has 186 valence electrons. The van der Waals surface area contributed by atoms with Gasteiger partial charge in [0.05, 0.1) is 23.5 Å². The summed E-state index contributed by atoms with van der Waals surface area (Å²) in [7, 11) is 0. The van der Waals surface area contributed by atoms with Crippen molar-refractivity contribution in [3.05, 3.63) is 64.9 Å². The van der Waals surface area contributed by atoms with Gasteiger partial charge in [0.1, 0.15) is 5.82 Å². The van der Waals surface area contributed by atoms with Crippen LogP contribution in [0.2, 0.25) is 5.02 Å². The molecule has 2 aromatic carbocycles. The first-order valence-corrected chi connectivity index (χ1v) is 13.3. The largest absolute Gasteiger partial charge is 0.340 e. The predicted molar refractivity (Wildman–Crippen MR) is 142 cm³/mol. The van der Waals surface area contributed by atoms with Crippen LogP contribution in [0.4, 0.5) is 0 Å². The minimum atomic E-state index is 0.0865. The van der Waals surface area contributed by atoms with Gasteiger partial charge in [0.2, 0.25) is 5.91 Å². The van der Waals surface area contributed by atoms with E-state index in [-0.39, 0.29) is 5.92 Å². The quantitative estimate of drug-likeness (QED) is 0.507. The molecule has 1 amide bonds. The van der Waals surface area contributed by atoms with Crippen molar-refractivity contribution in [3.63, 3.8) is 0 Å². The van der Waals surface area contributed by atoms with Gasteiger partial charge in [-0.15, -0.1) is 0 Å². The number of nitrogens with zero attached hydrogens (tertiary/aromatic N) is 5. The van der Waals surface area contributed by atoms with E-state index in [9.17, 15) is 4.79 Å². The van der Waals surface area contributed by atoms with Gasteiger partial charge in [-0.25, -0.2) is 4.98 Å². The Hall–Kier alpha value is -2.41. The van der Waals surface area contributed by atoms with E-state index in [1.54, 1.807) is 0 Å². The molecule has 1 aromatic heterocycles. The zero-order chi connectivity index (χ0) is 24.4. The molecule has 3 aromatic rings. The second kappa shape index (κ2) is 10.7. The lowest BCUT2D eigenvalue weighted by Gasteiger charge is -2.40. The molecule has 0 aliphatic carbocycles. The number of para-hydroxylation sites is 2. The van der Waals surface area contributed by atoms with Crippen molar-refractivity contribution in [1.82, 2.24) is 24.3 Å². The van der Waals surface area contributed by atoms with Gasteiger partial charge in [0.25, 0.3) is 0 Å². The molecule has 0 spiro atoms. The summed E-state index contributed by atoms with van der Waals surface area (Å²) in [5.41, 5.74) is 3.36. The van der Waals surface area contributed by atoms with Gasteiger partial charge < -0.3 is 9.47 Å². The van der Waals surface area contributed by atoms with E-state index in [1.165, 1.54) is 5.56 Å². The van der Waals surface area contributed by atoms with E-state index in [1.807, 2.05) is 18.2 Å². The van der Waals surface area contributed by atoms with E-state index in [0.29, 0.717) is 11.9 Å². The lowest BCUT2D eigenvalue weighted by Crippen LogP contribution is -2.53. The van der Waals surface area contributed by atoms with Crippen LogP contribution in [0.25, 0.3) is 11.0 Å². The second-order valence-electron chi connectivity index (χ2n) is 10.3. The van der Waals surface area contributed by atoms with Crippen molar-refractivity contribution >= 4 is 28.5 Å². The average Bonchev–Trinajstić information content (AvgIpc) is 3.21. The zero-order valence-electron chi connectivity index (χ0n) is 20.9. The molecule has 0 saturated carbocycles. The maximum Gasteiger partial charge on any atom is 0.227 e. The third-order valence-corrected chi connectivity index (χ3v) is 7.82. The smallest absolute Gasteiger partial charge is 0.227 e. The molecule has 1 atom stereocenters. The Kier molecular flexibility index (Phi) is 7.42. The van der Waals surface area contributed by atoms with Gasteiger partial charge >= 0.3 is 0 Å². The second-order valence-corrected chi connectivity index (χ2v) is 10.7. The van der Waals surface area contributed by atoms with Crippen LogP contribution in [0.3, 0.4) is 0 Å². The van der Waals surface area contributed by atoms with Gasteiger partial charge in [-0.2, -0.15) is 0 Å². The first kappa shape index (κ1) is 24.3. The predicted octanol–water partition coefficient (Wildman–Crippen LogP) is 4.50. The third-order valence-electron chi connectivity index (χ3n) is 7.56. The van der Waals surface area contributed by atoms with E-state index in [2.05, 4.69) is 63.4 Å². The van der Waals surface area contributed by atoms with Gasteiger partial charge in [0, 0.05) is 50.3 Å². The molecule has 2 fully saturated rings. The number of carbonyl (C=O) groups is 1. The molecule has 35 heavy (non-hydrogen) atoms. The Morgan fingerprint density at radius 1 is 1.00 bits per heavy atom. The third kappa shape index (κ3) is 5.55. The Bertz CT molecular complexity index is 1150. The van der Waals surface area contributed by atoms with Crippen LogP contribution in [0.1, 0.15) is 38.1 Å². The number of hydrogen-bond donors (Lipinski definition) is 0. The highest BCUT2D eigenvalue weighted by Gasteiger charge is 2.32. The van der Waals surface area contributed by atoms with Crippen LogP contribution >= 0.6 is 11.6 Å². The molecule has 2 aliphatic rings. The topological polar surface area (TPSA) is 44.6 Å². The summed E-state index contributed by atoms with van der Waals surface area (Å²) in [6.45, 7) is 11.5. The van der Waals surface area contributed by atoms with Crippen LogP contribution < -0.4 is 0 Å². The highest BCUT2D eigenvalue weighted by Crippen LogP contribution is 2.24. The van der Waals surface area contributed by atoms with Crippen molar-refractivity contribution in [2.45, 2.75) is 45.8 Å². The number of likely N-dealkylation sites (tertiary alicyclic amines) is 1. The summed E-state index contributed by atoms with van der Waals surface area (Å²) in [5, 5.41) is 0.749. The summed E-state index contributed by atoms with van der Waals surface area (Å²) >= 11 is 6.11. The standard InChI is InChI=1S/C28H36ClN5O/c1-21(2)32-14-16-33(17-15-32)28(35)23-6-5-13-31(19-23)20-27-30-25-7-3-4-8-26(25)34(27)18-22-9-11-24(29)12-10-22/h3-4,7-12,21,23H,5-6,13-20H2,1-2H3/t23-/m1/s1. The van der Waals surface area contributed by atoms with Gasteiger partial charge in [-0.1, -0.05) is 35.9 Å². The van der Waals surface area contributed by atoms with Crippen molar-refractivity contribution < 1.29 is 4.79 Å². The number of hydrogen-bond acceptors (Lipinski definition) is 4. The van der Waals surface area contributed by atoms with Crippen molar-refractivity contribution in [3.8, 4) is 0 Å². The van der Waals surface area contributed by atoms with Crippen LogP contribution in [-0.2, 0) is 17.9 Å². The van der Waals surface area contributed by atoms with E-state index in [4.69, 9.17) is 16.6 Å². The van der Waals surface area contributed by atoms with E-state index in [0.717, 1.165) is 87.1 Å². The molecule has 3 heterocycles. The number of halogens is 1. The number of carbonyl (C=O) groups excluding carboxylic acids is 1. The van der Waals surface area contributed by atoms with Crippen LogP contribution in [0.5, 0.6) is 0 Å². The fraction of sp³-hybridized carbons (Fsp3) is 0.500. The lowest BCUT2D eigenvalue weighted by atomic mass is 9.96. The normalized spacial score (nSPS) is 20.1. The molecule has 2 aliphatic heterocycles. The molecular weight excluding hydrogens is 458 g/mol. The van der Waals surface area contributed by atoms with Gasteiger partial charge in [-0.3, -0.25) is 14.6 Å². The highest BCUT2D eigenvalue weighted by molar-refractivity contribution is 6.30. The van der Waals surface area contributed by atoms with Crippen LogP contribution in [0.15, 0.2) is 48.5 Å². The average molecular weight is 494 g/mol. The Labute approximate surface area is 213 Å². The molecule has 7 heteroatoms. The minimum absolute atomic E-state index is 0.0865. The SMILES string of the molecule is CC(C)N1CCN(C(=O)[C@@H]2CCCN(Cc3nc4ccccc4n3Cc3ccc(Cl)cc3)C2)CC1. The molecule has 0 N–H and O–H groups in total. The van der Waals surface area contributed by atoms with E-state index < -0.39 is 0 Å². The molecule has 0 unspecified atom stereocenters. The first-order chi connectivity index (χ1) is 17.0. The first-order valence-electron chi connectivity index (χ1n) is 12.9. The maximum absolute atomic E-state index is 13.4. The molecule has 6 nitrogen and oxygen atoms in total. The van der Waals surface area contributed by atoms with Crippen LogP contribution in [-0.4, -0.2) is 75.5 Å². The number of piperazine rings is 1. The fourth-order valence-corrected chi connectivity index (χ4v) is 5.64. The van der Waals surface area contributed by atoms with Crippen molar-refractivity contribution in [2.24, 2.45) is 5.92 Å². The summed E-state index contributed by atoms with van der Waals surface area (Å²) in [6.07, 6.45) is 2.04. The molecule has 0 bridgehead atoms. The lowest BCUT2D eigenvalue weighted by molar-refractivity contribution is -0.139. The Morgan fingerprint density at radius 2 is 1.74 bits per heavy atom. The summed E-state index contributed by atoms with van der Waals surface area (Å²) in [6, 6.07) is 16.9. The maximum atomic E-state index is 13.4. The number of benzene rings is 2. The monoisotopic (exact) mass is 493 g/mol. The van der Waals surface area contributed by atoms with E-state index >= 15 is 0 Å². The molecule has 5 rings (SSSR count). The number of rotatable bonds is 6. The van der Waals surface area contributed by atoms with Crippen molar-refractivity contribution in [2.75, 3.05) is 39.3 Å². The molecule has 2 saturated heterocycles. The zero-order valence-corrected chi connectivity index (χ0v) is 21.6. The van der Waals surface area contributed by atoms with Gasteiger partial charge in [0.15, 0.2) is 0 Å². The Balaban J connectivity index is 1.29. The summed E-state index contributed by atoms with van der Waals surface area (Å²) in [4.78, 5) is 25.3. The number of imidazole rings is 1. The van der Waals surface area contributed by atoms with Crippen molar-refractivity contribution in [1.29, 1.82) is 0 Å². The highest BCUT2D eigenvalue weighted by atomic mass is 35.5. The number of aromatic nitrogens is 2. The number of amides is 1. The fourth-order valence-electron chi connectivity index (χ4n) is 5.51. The number of fused-ring (bicyclic) bond motifs is 1. The number of piperidine rings is 1. The van der Waals surface area contributed by atoms with Crippen LogP contribution in [0, 0.1) is 5.92 Å². The summed E-state index contributed by atoms with van der Waals surface area (Å²) in [5.74, 6) is 1.48. The molecule has 0 radical (unpaired) electrons. The summed E-state index contributed by atoms with van der Waals surface area (Å²) < 4.78 is 2.31. The minimum Gasteiger partial charge on any atom is -0.340 e. The molecular formula is C28H36ClN5O. The van der Waals surface area contributed by atoms with Gasteiger partial charge in [-0.05, 0) is 63.1 Å².